The van der Waals surface area contributed by atoms with Gasteiger partial charge in [-0.2, -0.15) is 5.26 Å². The SMILES string of the molecule is COC(=O)c1ccccc1N/C=C(\C#N)C(=O)NCc1ccc(OC)cc1. The Morgan fingerprint density at radius 1 is 1.11 bits per heavy atom. The van der Waals surface area contributed by atoms with Gasteiger partial charge in [0.25, 0.3) is 5.91 Å². The fourth-order valence-electron chi connectivity index (χ4n) is 2.22. The van der Waals surface area contributed by atoms with Crippen LogP contribution in [-0.2, 0) is 16.1 Å². The molecule has 2 rings (SSSR count). The third-order valence-corrected chi connectivity index (χ3v) is 3.68. The van der Waals surface area contributed by atoms with Crippen molar-refractivity contribution in [3.05, 3.63) is 71.4 Å². The van der Waals surface area contributed by atoms with Crippen LogP contribution in [0.2, 0.25) is 0 Å². The van der Waals surface area contributed by atoms with Gasteiger partial charge < -0.3 is 20.1 Å². The Morgan fingerprint density at radius 2 is 1.81 bits per heavy atom. The summed E-state index contributed by atoms with van der Waals surface area (Å²) in [6.45, 7) is 0.264. The summed E-state index contributed by atoms with van der Waals surface area (Å²) in [5.41, 5.74) is 1.47. The van der Waals surface area contributed by atoms with Gasteiger partial charge >= 0.3 is 5.97 Å². The van der Waals surface area contributed by atoms with Crippen molar-refractivity contribution in [1.82, 2.24) is 5.32 Å². The molecule has 7 heteroatoms. The van der Waals surface area contributed by atoms with Crippen LogP contribution in [0.5, 0.6) is 5.75 Å². The molecule has 27 heavy (non-hydrogen) atoms. The molecule has 0 aromatic heterocycles. The van der Waals surface area contributed by atoms with E-state index in [0.29, 0.717) is 11.3 Å². The molecule has 0 saturated carbocycles. The van der Waals surface area contributed by atoms with E-state index >= 15 is 0 Å². The molecule has 0 saturated heterocycles. The highest BCUT2D eigenvalue weighted by atomic mass is 16.5. The average molecular weight is 365 g/mol. The highest BCUT2D eigenvalue weighted by molar-refractivity contribution is 5.98. The molecule has 0 bridgehead atoms. The predicted molar refractivity (Wildman–Crippen MR) is 99.9 cm³/mol. The number of nitriles is 1. The molecule has 0 aliphatic heterocycles. The Bertz CT molecular complexity index is 883. The largest absolute Gasteiger partial charge is 0.497 e. The number of rotatable bonds is 7. The molecule has 0 aliphatic rings. The molecule has 0 unspecified atom stereocenters. The first-order valence-electron chi connectivity index (χ1n) is 8.04. The fraction of sp³-hybridized carbons (Fsp3) is 0.150. The van der Waals surface area contributed by atoms with Crippen LogP contribution in [0.4, 0.5) is 5.69 Å². The number of esters is 1. The zero-order valence-electron chi connectivity index (χ0n) is 15.0. The summed E-state index contributed by atoms with van der Waals surface area (Å²) in [6.07, 6.45) is 1.26. The van der Waals surface area contributed by atoms with Crippen molar-refractivity contribution >= 4 is 17.6 Å². The second-order valence-electron chi connectivity index (χ2n) is 5.38. The second kappa shape index (κ2) is 9.63. The quantitative estimate of drug-likeness (QED) is 0.444. The van der Waals surface area contributed by atoms with E-state index in [1.54, 1.807) is 43.5 Å². The van der Waals surface area contributed by atoms with E-state index in [9.17, 15) is 14.9 Å². The lowest BCUT2D eigenvalue weighted by Gasteiger charge is -2.08. The zero-order chi connectivity index (χ0) is 19.6. The van der Waals surface area contributed by atoms with Gasteiger partial charge in [0.1, 0.15) is 17.4 Å². The van der Waals surface area contributed by atoms with E-state index in [-0.39, 0.29) is 12.1 Å². The number of carbonyl (C=O) groups is 2. The molecule has 0 aliphatic carbocycles. The third-order valence-electron chi connectivity index (χ3n) is 3.68. The molecule has 0 spiro atoms. The maximum absolute atomic E-state index is 12.2. The number of hydrogen-bond donors (Lipinski definition) is 2. The fourth-order valence-corrected chi connectivity index (χ4v) is 2.22. The first-order chi connectivity index (χ1) is 13.1. The normalized spacial score (nSPS) is 10.5. The number of hydrogen-bond acceptors (Lipinski definition) is 6. The summed E-state index contributed by atoms with van der Waals surface area (Å²) in [5.74, 6) is -0.332. The minimum atomic E-state index is -0.531. The zero-order valence-corrected chi connectivity index (χ0v) is 15.0. The van der Waals surface area contributed by atoms with Crippen LogP contribution < -0.4 is 15.4 Å². The number of para-hydroxylation sites is 1. The summed E-state index contributed by atoms with van der Waals surface area (Å²) in [5, 5.41) is 14.7. The molecule has 0 atom stereocenters. The summed E-state index contributed by atoms with van der Waals surface area (Å²) < 4.78 is 9.79. The van der Waals surface area contributed by atoms with Crippen LogP contribution in [0.15, 0.2) is 60.3 Å². The van der Waals surface area contributed by atoms with Gasteiger partial charge in [0, 0.05) is 12.7 Å². The average Bonchev–Trinajstić information content (AvgIpc) is 2.72. The first kappa shape index (κ1) is 19.5. The maximum atomic E-state index is 12.2. The van der Waals surface area contributed by atoms with Crippen molar-refractivity contribution in [1.29, 1.82) is 5.26 Å². The Balaban J connectivity index is 2.04. The van der Waals surface area contributed by atoms with Crippen LogP contribution >= 0.6 is 0 Å². The molecule has 7 nitrogen and oxygen atoms in total. The number of nitrogens with one attached hydrogen (secondary N) is 2. The number of benzene rings is 2. The van der Waals surface area contributed by atoms with Gasteiger partial charge in [-0.15, -0.1) is 0 Å². The van der Waals surface area contributed by atoms with Gasteiger partial charge in [0.05, 0.1) is 25.5 Å². The molecule has 2 N–H and O–H groups in total. The van der Waals surface area contributed by atoms with Crippen molar-refractivity contribution in [2.75, 3.05) is 19.5 Å². The van der Waals surface area contributed by atoms with Gasteiger partial charge in [0.2, 0.25) is 0 Å². The highest BCUT2D eigenvalue weighted by Gasteiger charge is 2.12. The van der Waals surface area contributed by atoms with Crippen molar-refractivity contribution in [3.8, 4) is 11.8 Å². The summed E-state index contributed by atoms with van der Waals surface area (Å²) in [4.78, 5) is 24.0. The predicted octanol–water partition coefficient (Wildman–Crippen LogP) is 2.62. The monoisotopic (exact) mass is 365 g/mol. The van der Waals surface area contributed by atoms with Crippen LogP contribution in [0.25, 0.3) is 0 Å². The Labute approximate surface area is 157 Å². The van der Waals surface area contributed by atoms with Crippen LogP contribution in [-0.4, -0.2) is 26.1 Å². The van der Waals surface area contributed by atoms with Gasteiger partial charge in [-0.05, 0) is 29.8 Å². The van der Waals surface area contributed by atoms with E-state index in [0.717, 1.165) is 11.3 Å². The Kier molecular flexibility index (Phi) is 6.97. The van der Waals surface area contributed by atoms with Crippen LogP contribution in [0.3, 0.4) is 0 Å². The summed E-state index contributed by atoms with van der Waals surface area (Å²) >= 11 is 0. The van der Waals surface area contributed by atoms with E-state index in [4.69, 9.17) is 9.47 Å². The lowest BCUT2D eigenvalue weighted by atomic mass is 10.1. The van der Waals surface area contributed by atoms with E-state index in [1.165, 1.54) is 13.3 Å². The molecule has 0 radical (unpaired) electrons. The highest BCUT2D eigenvalue weighted by Crippen LogP contribution is 2.16. The van der Waals surface area contributed by atoms with Crippen LogP contribution in [0.1, 0.15) is 15.9 Å². The number of carbonyl (C=O) groups excluding carboxylic acids is 2. The van der Waals surface area contributed by atoms with E-state index in [2.05, 4.69) is 10.6 Å². The molecule has 0 heterocycles. The topological polar surface area (TPSA) is 100 Å². The second-order valence-corrected chi connectivity index (χ2v) is 5.38. The molecular formula is C20H19N3O4. The maximum Gasteiger partial charge on any atom is 0.339 e. The molecule has 1 amide bonds. The number of methoxy groups -OCH3 is 2. The smallest absolute Gasteiger partial charge is 0.339 e. The number of amides is 1. The molecule has 138 valence electrons. The Hall–Kier alpha value is -3.79. The van der Waals surface area contributed by atoms with Crippen molar-refractivity contribution in [2.45, 2.75) is 6.54 Å². The molecule has 0 fully saturated rings. The molecule has 2 aromatic carbocycles. The minimum absolute atomic E-state index is 0.122. The lowest BCUT2D eigenvalue weighted by molar-refractivity contribution is -0.117. The molecule has 2 aromatic rings. The standard InChI is InChI=1S/C20H19N3O4/c1-26-16-9-7-14(8-10-16)12-23-19(24)15(11-21)13-22-18-6-4-3-5-17(18)20(25)27-2/h3-10,13,22H,12H2,1-2H3,(H,23,24)/b15-13+. The molecular weight excluding hydrogens is 346 g/mol. The van der Waals surface area contributed by atoms with Gasteiger partial charge in [-0.3, -0.25) is 4.79 Å². The van der Waals surface area contributed by atoms with E-state index in [1.807, 2.05) is 18.2 Å². The lowest BCUT2D eigenvalue weighted by Crippen LogP contribution is -2.24. The van der Waals surface area contributed by atoms with Crippen LogP contribution in [0, 0.1) is 11.3 Å². The number of nitrogens with zero attached hydrogens (tertiary/aromatic N) is 1. The number of anilines is 1. The van der Waals surface area contributed by atoms with Crippen molar-refractivity contribution in [2.24, 2.45) is 0 Å². The van der Waals surface area contributed by atoms with E-state index < -0.39 is 11.9 Å². The summed E-state index contributed by atoms with van der Waals surface area (Å²) in [7, 11) is 2.86. The van der Waals surface area contributed by atoms with Crippen molar-refractivity contribution in [3.63, 3.8) is 0 Å². The van der Waals surface area contributed by atoms with Gasteiger partial charge in [0.15, 0.2) is 0 Å². The van der Waals surface area contributed by atoms with Gasteiger partial charge in [-0.1, -0.05) is 24.3 Å². The third kappa shape index (κ3) is 5.34. The number of ether oxygens (including phenoxy) is 2. The van der Waals surface area contributed by atoms with Crippen molar-refractivity contribution < 1.29 is 19.1 Å². The minimum Gasteiger partial charge on any atom is -0.497 e. The summed E-state index contributed by atoms with van der Waals surface area (Å²) in [6, 6.07) is 15.7. The Morgan fingerprint density at radius 3 is 2.44 bits per heavy atom. The first-order valence-corrected chi connectivity index (χ1v) is 8.04. The van der Waals surface area contributed by atoms with Gasteiger partial charge in [-0.25, -0.2) is 4.79 Å².